The summed E-state index contributed by atoms with van der Waals surface area (Å²) >= 11 is 0. The van der Waals surface area contributed by atoms with Crippen LogP contribution in [0.4, 0.5) is 0 Å². The molecule has 4 aliphatic carbocycles. The third kappa shape index (κ3) is 1.77. The number of nitrogens with zero attached hydrogens (tertiary/aromatic N) is 1. The van der Waals surface area contributed by atoms with Crippen LogP contribution < -0.4 is 0 Å². The van der Waals surface area contributed by atoms with Crippen molar-refractivity contribution in [1.82, 2.24) is 4.90 Å². The fraction of sp³-hybridized carbons (Fsp3) is 0.875. The molecule has 4 saturated carbocycles. The van der Waals surface area contributed by atoms with Gasteiger partial charge in [-0.05, 0) is 55.3 Å². The topological polar surface area (TPSA) is 46.6 Å². The third-order valence-electron chi connectivity index (χ3n) is 6.14. The Bertz CT molecular complexity index is 466. The summed E-state index contributed by atoms with van der Waals surface area (Å²) in [4.78, 5) is 25.5. The molecule has 4 nitrogen and oxygen atoms in total. The number of hydrogen-bond acceptors (Lipinski definition) is 4. The van der Waals surface area contributed by atoms with E-state index in [1.807, 2.05) is 0 Å². The van der Waals surface area contributed by atoms with Gasteiger partial charge in [0.05, 0.1) is 13.1 Å². The molecule has 0 aromatic carbocycles. The van der Waals surface area contributed by atoms with Crippen LogP contribution in [-0.2, 0) is 14.3 Å². The molecule has 20 heavy (non-hydrogen) atoms. The van der Waals surface area contributed by atoms with Gasteiger partial charge in [-0.15, -0.1) is 0 Å². The molecule has 5 aliphatic rings. The molecule has 1 heterocycles. The van der Waals surface area contributed by atoms with Crippen molar-refractivity contribution in [2.24, 2.45) is 16.7 Å². The summed E-state index contributed by atoms with van der Waals surface area (Å²) in [7, 11) is 0. The fourth-order valence-electron chi connectivity index (χ4n) is 6.63. The van der Waals surface area contributed by atoms with E-state index < -0.39 is 0 Å². The van der Waals surface area contributed by atoms with E-state index in [9.17, 15) is 9.59 Å². The Morgan fingerprint density at radius 2 is 1.50 bits per heavy atom. The van der Waals surface area contributed by atoms with Gasteiger partial charge in [-0.1, -0.05) is 13.8 Å². The summed E-state index contributed by atoms with van der Waals surface area (Å²) in [6, 6.07) is 0. The summed E-state index contributed by atoms with van der Waals surface area (Å²) in [5.41, 5.74) is 0.870. The first-order chi connectivity index (χ1) is 9.30. The Labute approximate surface area is 119 Å². The van der Waals surface area contributed by atoms with E-state index in [0.717, 1.165) is 18.8 Å². The summed E-state index contributed by atoms with van der Waals surface area (Å²) in [5, 5.41) is 0. The number of rotatable bonds is 1. The number of ether oxygens (including phenoxy) is 1. The largest absolute Gasteiger partial charge is 0.391 e. The highest BCUT2D eigenvalue weighted by molar-refractivity contribution is 5.90. The van der Waals surface area contributed by atoms with Crippen molar-refractivity contribution in [2.75, 3.05) is 13.1 Å². The number of morpholine rings is 1. The van der Waals surface area contributed by atoms with E-state index in [1.54, 1.807) is 0 Å². The van der Waals surface area contributed by atoms with Crippen LogP contribution in [0.25, 0.3) is 0 Å². The van der Waals surface area contributed by atoms with Crippen LogP contribution in [0.5, 0.6) is 0 Å². The Morgan fingerprint density at radius 1 is 0.950 bits per heavy atom. The molecule has 5 rings (SSSR count). The molecule has 0 spiro atoms. The number of esters is 2. The lowest BCUT2D eigenvalue weighted by Crippen LogP contribution is -2.67. The van der Waals surface area contributed by atoms with Gasteiger partial charge in [-0.25, -0.2) is 0 Å². The van der Waals surface area contributed by atoms with E-state index in [4.69, 9.17) is 4.74 Å². The predicted octanol–water partition coefficient (Wildman–Crippen LogP) is 2.12. The molecule has 0 amide bonds. The maximum Gasteiger partial charge on any atom is 0.327 e. The van der Waals surface area contributed by atoms with Crippen LogP contribution in [0, 0.1) is 16.7 Å². The molecule has 1 saturated heterocycles. The molecule has 1 aliphatic heterocycles. The van der Waals surface area contributed by atoms with Gasteiger partial charge in [0.2, 0.25) is 0 Å². The van der Waals surface area contributed by atoms with Crippen LogP contribution in [-0.4, -0.2) is 35.5 Å². The summed E-state index contributed by atoms with van der Waals surface area (Å²) < 4.78 is 4.71. The Morgan fingerprint density at radius 3 is 2.00 bits per heavy atom. The van der Waals surface area contributed by atoms with Crippen LogP contribution in [0.15, 0.2) is 0 Å². The van der Waals surface area contributed by atoms with Crippen LogP contribution >= 0.6 is 0 Å². The highest BCUT2D eigenvalue weighted by Gasteiger charge is 2.62. The lowest BCUT2D eigenvalue weighted by atomic mass is 9.42. The van der Waals surface area contributed by atoms with E-state index in [1.165, 1.54) is 25.7 Å². The maximum atomic E-state index is 11.7. The molecule has 2 unspecified atom stereocenters. The van der Waals surface area contributed by atoms with Crippen molar-refractivity contribution >= 4 is 11.9 Å². The van der Waals surface area contributed by atoms with Gasteiger partial charge in [0.25, 0.3) is 0 Å². The minimum absolute atomic E-state index is 0.0675. The van der Waals surface area contributed by atoms with Crippen molar-refractivity contribution in [2.45, 2.75) is 57.9 Å². The van der Waals surface area contributed by atoms with Gasteiger partial charge in [-0.3, -0.25) is 14.5 Å². The second-order valence-electron chi connectivity index (χ2n) is 8.56. The molecule has 4 bridgehead atoms. The zero-order chi connectivity index (χ0) is 14.2. The Hall–Kier alpha value is -0.900. The van der Waals surface area contributed by atoms with Gasteiger partial charge in [0, 0.05) is 5.54 Å². The minimum Gasteiger partial charge on any atom is -0.391 e. The predicted molar refractivity (Wildman–Crippen MR) is 72.8 cm³/mol. The summed E-state index contributed by atoms with van der Waals surface area (Å²) in [5.74, 6) is 0.0360. The number of hydrogen-bond donors (Lipinski definition) is 0. The van der Waals surface area contributed by atoms with E-state index in [0.29, 0.717) is 23.9 Å². The SMILES string of the molecule is CC12CC3CC(C)(C1)CC(N1CC(=O)OC(=O)C1)(C3)C2. The quantitative estimate of drug-likeness (QED) is 0.544. The Balaban J connectivity index is 1.70. The first-order valence-corrected chi connectivity index (χ1v) is 7.79. The average Bonchev–Trinajstić information content (AvgIpc) is 2.22. The summed E-state index contributed by atoms with van der Waals surface area (Å²) in [6.45, 7) is 5.42. The molecule has 0 N–H and O–H groups in total. The number of carbonyl (C=O) groups excluding carboxylic acids is 2. The van der Waals surface area contributed by atoms with Crippen LogP contribution in [0.1, 0.15) is 52.4 Å². The van der Waals surface area contributed by atoms with Crippen LogP contribution in [0.2, 0.25) is 0 Å². The van der Waals surface area contributed by atoms with Crippen molar-refractivity contribution in [1.29, 1.82) is 0 Å². The second kappa shape index (κ2) is 3.65. The smallest absolute Gasteiger partial charge is 0.327 e. The van der Waals surface area contributed by atoms with Gasteiger partial charge in [0.15, 0.2) is 0 Å². The second-order valence-corrected chi connectivity index (χ2v) is 8.56. The molecule has 110 valence electrons. The molecule has 5 fully saturated rings. The van der Waals surface area contributed by atoms with Gasteiger partial charge < -0.3 is 4.74 Å². The standard InChI is InChI=1S/C16H23NO3/c1-14-3-11-4-15(2,8-14)10-16(5-11,9-14)17-6-12(18)20-13(19)7-17/h11H,3-10H2,1-2H3. The lowest BCUT2D eigenvalue weighted by molar-refractivity contribution is -0.190. The number of carbonyl (C=O) groups is 2. The first-order valence-electron chi connectivity index (χ1n) is 7.79. The molecule has 0 radical (unpaired) electrons. The average molecular weight is 277 g/mol. The van der Waals surface area contributed by atoms with Crippen molar-refractivity contribution in [3.05, 3.63) is 0 Å². The molecule has 2 atom stereocenters. The van der Waals surface area contributed by atoms with Crippen LogP contribution in [0.3, 0.4) is 0 Å². The minimum atomic E-state index is -0.368. The molecule has 4 heteroatoms. The summed E-state index contributed by atoms with van der Waals surface area (Å²) in [6.07, 6.45) is 7.43. The van der Waals surface area contributed by atoms with E-state index >= 15 is 0 Å². The van der Waals surface area contributed by atoms with E-state index in [-0.39, 0.29) is 17.5 Å². The number of cyclic esters (lactones) is 2. The third-order valence-corrected chi connectivity index (χ3v) is 6.14. The zero-order valence-corrected chi connectivity index (χ0v) is 12.4. The molecular formula is C16H23NO3. The van der Waals surface area contributed by atoms with Crippen molar-refractivity contribution < 1.29 is 14.3 Å². The zero-order valence-electron chi connectivity index (χ0n) is 12.4. The fourth-order valence-corrected chi connectivity index (χ4v) is 6.63. The Kier molecular flexibility index (Phi) is 2.34. The maximum absolute atomic E-state index is 11.7. The lowest BCUT2D eigenvalue weighted by Gasteiger charge is -2.67. The molecule has 0 aromatic heterocycles. The molecule has 0 aromatic rings. The van der Waals surface area contributed by atoms with Gasteiger partial charge in [-0.2, -0.15) is 0 Å². The monoisotopic (exact) mass is 277 g/mol. The van der Waals surface area contributed by atoms with Crippen molar-refractivity contribution in [3.63, 3.8) is 0 Å². The van der Waals surface area contributed by atoms with Crippen molar-refractivity contribution in [3.8, 4) is 0 Å². The first kappa shape index (κ1) is 12.8. The normalized spacial score (nSPS) is 51.4. The highest BCUT2D eigenvalue weighted by atomic mass is 16.6. The van der Waals surface area contributed by atoms with E-state index in [2.05, 4.69) is 18.7 Å². The van der Waals surface area contributed by atoms with Gasteiger partial charge in [0.1, 0.15) is 0 Å². The highest BCUT2D eigenvalue weighted by Crippen LogP contribution is 2.67. The molecular weight excluding hydrogens is 254 g/mol. The van der Waals surface area contributed by atoms with Gasteiger partial charge >= 0.3 is 11.9 Å².